The summed E-state index contributed by atoms with van der Waals surface area (Å²) < 4.78 is 5.62. The highest BCUT2D eigenvalue weighted by Gasteiger charge is 2.11. The first-order chi connectivity index (χ1) is 12.0. The molecular formula is C19H19NO5. The number of amides is 1. The van der Waals surface area contributed by atoms with Gasteiger partial charge in [-0.25, -0.2) is 4.79 Å². The maximum atomic E-state index is 12.0. The van der Waals surface area contributed by atoms with Gasteiger partial charge in [-0.1, -0.05) is 25.1 Å². The minimum Gasteiger partial charge on any atom is -0.507 e. The van der Waals surface area contributed by atoms with Gasteiger partial charge in [0.1, 0.15) is 17.1 Å². The molecule has 2 rings (SSSR count). The first-order valence-electron chi connectivity index (χ1n) is 7.78. The summed E-state index contributed by atoms with van der Waals surface area (Å²) in [5, 5.41) is 21.0. The fourth-order valence-corrected chi connectivity index (χ4v) is 2.10. The molecule has 0 atom stereocenters. The van der Waals surface area contributed by atoms with Crippen molar-refractivity contribution in [1.82, 2.24) is 0 Å². The summed E-state index contributed by atoms with van der Waals surface area (Å²) in [6.07, 6.45) is 3.84. The summed E-state index contributed by atoms with van der Waals surface area (Å²) >= 11 is 0. The third-order valence-electron chi connectivity index (χ3n) is 3.29. The molecular weight excluding hydrogens is 322 g/mol. The Hall–Kier alpha value is -3.28. The van der Waals surface area contributed by atoms with Crippen LogP contribution in [0.5, 0.6) is 11.5 Å². The van der Waals surface area contributed by atoms with Crippen LogP contribution in [-0.4, -0.2) is 28.7 Å². The Labute approximate surface area is 145 Å². The number of anilines is 1. The van der Waals surface area contributed by atoms with Crippen molar-refractivity contribution in [2.24, 2.45) is 0 Å². The van der Waals surface area contributed by atoms with E-state index in [-0.39, 0.29) is 17.0 Å². The number of carboxylic acids is 1. The number of aromatic hydroxyl groups is 1. The van der Waals surface area contributed by atoms with Gasteiger partial charge in [0.25, 0.3) is 0 Å². The maximum Gasteiger partial charge on any atom is 0.339 e. The van der Waals surface area contributed by atoms with E-state index in [2.05, 4.69) is 5.32 Å². The van der Waals surface area contributed by atoms with Crippen LogP contribution in [-0.2, 0) is 4.79 Å². The number of carbonyl (C=O) groups excluding carboxylic acids is 1. The summed E-state index contributed by atoms with van der Waals surface area (Å²) in [5.41, 5.74) is 0.767. The number of ether oxygens (including phenoxy) is 1. The van der Waals surface area contributed by atoms with Crippen molar-refractivity contribution in [3.63, 3.8) is 0 Å². The zero-order valence-corrected chi connectivity index (χ0v) is 13.7. The minimum atomic E-state index is -1.27. The number of carboxylic acid groups (broad SMARTS) is 1. The summed E-state index contributed by atoms with van der Waals surface area (Å²) in [6, 6.07) is 11.2. The molecule has 0 aliphatic heterocycles. The van der Waals surface area contributed by atoms with Gasteiger partial charge in [0.15, 0.2) is 0 Å². The largest absolute Gasteiger partial charge is 0.507 e. The summed E-state index contributed by atoms with van der Waals surface area (Å²) in [6.45, 7) is 2.59. The van der Waals surface area contributed by atoms with Crippen molar-refractivity contribution in [2.45, 2.75) is 13.3 Å². The van der Waals surface area contributed by atoms with E-state index in [1.165, 1.54) is 24.3 Å². The van der Waals surface area contributed by atoms with E-state index in [1.807, 2.05) is 31.2 Å². The molecule has 0 heterocycles. The van der Waals surface area contributed by atoms with E-state index in [0.29, 0.717) is 12.4 Å². The lowest BCUT2D eigenvalue weighted by atomic mass is 10.1. The van der Waals surface area contributed by atoms with Gasteiger partial charge in [-0.15, -0.1) is 0 Å². The molecule has 25 heavy (non-hydrogen) atoms. The standard InChI is InChI=1S/C19H19NO5/c1-2-11-25-17-6-4-3-5-13(17)7-10-18(22)20-14-8-9-16(21)15(12-14)19(23)24/h3-10,12,21H,2,11H2,1H3,(H,20,22)(H,23,24)/b10-7+. The zero-order chi connectivity index (χ0) is 18.2. The fraction of sp³-hybridized carbons (Fsp3) is 0.158. The molecule has 130 valence electrons. The van der Waals surface area contributed by atoms with Gasteiger partial charge in [-0.2, -0.15) is 0 Å². The quantitative estimate of drug-likeness (QED) is 0.529. The van der Waals surface area contributed by atoms with Gasteiger partial charge in [0.05, 0.1) is 6.61 Å². The molecule has 6 nitrogen and oxygen atoms in total. The van der Waals surface area contributed by atoms with Crippen LogP contribution < -0.4 is 10.1 Å². The van der Waals surface area contributed by atoms with Crippen LogP contribution >= 0.6 is 0 Å². The molecule has 0 saturated carbocycles. The van der Waals surface area contributed by atoms with Gasteiger partial charge in [0.2, 0.25) is 5.91 Å². The molecule has 2 aromatic rings. The maximum absolute atomic E-state index is 12.0. The zero-order valence-electron chi connectivity index (χ0n) is 13.7. The third kappa shape index (κ3) is 5.10. The van der Waals surface area contributed by atoms with Crippen molar-refractivity contribution >= 4 is 23.6 Å². The average molecular weight is 341 g/mol. The van der Waals surface area contributed by atoms with Crippen LogP contribution in [0.3, 0.4) is 0 Å². The molecule has 0 aromatic heterocycles. The molecule has 1 amide bonds. The summed E-state index contributed by atoms with van der Waals surface area (Å²) in [7, 11) is 0. The Kier molecular flexibility index (Phi) is 6.17. The van der Waals surface area contributed by atoms with E-state index in [1.54, 1.807) is 6.08 Å². The molecule has 0 radical (unpaired) electrons. The van der Waals surface area contributed by atoms with Crippen molar-refractivity contribution in [1.29, 1.82) is 0 Å². The molecule has 0 bridgehead atoms. The van der Waals surface area contributed by atoms with E-state index in [0.717, 1.165) is 12.0 Å². The van der Waals surface area contributed by atoms with Crippen LogP contribution in [0.1, 0.15) is 29.3 Å². The molecule has 0 unspecified atom stereocenters. The van der Waals surface area contributed by atoms with Crippen LogP contribution in [0.4, 0.5) is 5.69 Å². The molecule has 2 aromatic carbocycles. The number of hydrogen-bond donors (Lipinski definition) is 3. The Morgan fingerprint density at radius 3 is 2.68 bits per heavy atom. The monoisotopic (exact) mass is 341 g/mol. The molecule has 0 saturated heterocycles. The van der Waals surface area contributed by atoms with Gasteiger partial charge >= 0.3 is 5.97 Å². The number of carbonyl (C=O) groups is 2. The predicted molar refractivity (Wildman–Crippen MR) is 95.0 cm³/mol. The highest BCUT2D eigenvalue weighted by atomic mass is 16.5. The number of para-hydroxylation sites is 1. The normalized spacial score (nSPS) is 10.6. The van der Waals surface area contributed by atoms with E-state index < -0.39 is 11.9 Å². The van der Waals surface area contributed by atoms with Crippen molar-refractivity contribution in [3.8, 4) is 11.5 Å². The van der Waals surface area contributed by atoms with Crippen molar-refractivity contribution in [3.05, 3.63) is 59.7 Å². The lowest BCUT2D eigenvalue weighted by molar-refractivity contribution is -0.111. The SMILES string of the molecule is CCCOc1ccccc1/C=C/C(=O)Nc1ccc(O)c(C(=O)O)c1. The van der Waals surface area contributed by atoms with Gasteiger partial charge in [0, 0.05) is 17.3 Å². The number of nitrogens with one attached hydrogen (secondary N) is 1. The first kappa shape index (κ1) is 18.1. The lowest BCUT2D eigenvalue weighted by Crippen LogP contribution is -2.09. The van der Waals surface area contributed by atoms with Gasteiger partial charge < -0.3 is 20.3 Å². The Morgan fingerprint density at radius 1 is 1.20 bits per heavy atom. The second-order valence-corrected chi connectivity index (χ2v) is 5.25. The Balaban J connectivity index is 2.09. The van der Waals surface area contributed by atoms with Gasteiger partial charge in [-0.05, 0) is 36.8 Å². The highest BCUT2D eigenvalue weighted by Crippen LogP contribution is 2.22. The van der Waals surface area contributed by atoms with E-state index in [4.69, 9.17) is 9.84 Å². The van der Waals surface area contributed by atoms with Gasteiger partial charge in [-0.3, -0.25) is 4.79 Å². The first-order valence-corrected chi connectivity index (χ1v) is 7.78. The third-order valence-corrected chi connectivity index (χ3v) is 3.29. The Morgan fingerprint density at radius 2 is 1.96 bits per heavy atom. The van der Waals surface area contributed by atoms with Crippen molar-refractivity contribution < 1.29 is 24.5 Å². The van der Waals surface area contributed by atoms with Crippen LogP contribution in [0.2, 0.25) is 0 Å². The van der Waals surface area contributed by atoms with E-state index >= 15 is 0 Å². The number of hydrogen-bond acceptors (Lipinski definition) is 4. The summed E-state index contributed by atoms with van der Waals surface area (Å²) in [5.74, 6) is -1.37. The Bertz CT molecular complexity index is 798. The molecule has 0 spiro atoms. The fourth-order valence-electron chi connectivity index (χ4n) is 2.10. The van der Waals surface area contributed by atoms with Crippen LogP contribution in [0.25, 0.3) is 6.08 Å². The molecule has 0 aliphatic rings. The molecule has 0 aliphatic carbocycles. The minimum absolute atomic E-state index is 0.278. The number of aromatic carboxylic acids is 1. The van der Waals surface area contributed by atoms with Crippen LogP contribution in [0, 0.1) is 0 Å². The second kappa shape index (κ2) is 8.54. The molecule has 6 heteroatoms. The van der Waals surface area contributed by atoms with E-state index in [9.17, 15) is 14.7 Å². The number of benzene rings is 2. The number of phenols is 1. The average Bonchev–Trinajstić information content (AvgIpc) is 2.60. The summed E-state index contributed by atoms with van der Waals surface area (Å²) in [4.78, 5) is 23.0. The smallest absolute Gasteiger partial charge is 0.339 e. The second-order valence-electron chi connectivity index (χ2n) is 5.25. The highest BCUT2D eigenvalue weighted by molar-refractivity contribution is 6.03. The number of rotatable bonds is 7. The van der Waals surface area contributed by atoms with Crippen LogP contribution in [0.15, 0.2) is 48.5 Å². The lowest BCUT2D eigenvalue weighted by Gasteiger charge is -2.08. The van der Waals surface area contributed by atoms with Crippen molar-refractivity contribution in [2.75, 3.05) is 11.9 Å². The predicted octanol–water partition coefficient (Wildman–Crippen LogP) is 3.53. The topological polar surface area (TPSA) is 95.9 Å². The molecule has 0 fully saturated rings. The molecule has 3 N–H and O–H groups in total.